The molecule has 0 saturated heterocycles. The summed E-state index contributed by atoms with van der Waals surface area (Å²) >= 11 is 8.60. The molecule has 3 N–H and O–H groups in total. The molecule has 0 heterocycles. The molecule has 4 heteroatoms. The van der Waals surface area contributed by atoms with Crippen LogP contribution in [-0.4, -0.2) is 11.5 Å². The van der Waals surface area contributed by atoms with Crippen molar-refractivity contribution in [2.75, 3.05) is 11.9 Å². The first-order chi connectivity index (χ1) is 9.52. The van der Waals surface area contributed by atoms with Gasteiger partial charge in [-0.2, -0.15) is 0 Å². The Balaban J connectivity index is 2.32. The molecular formula is C16H25BrN2S. The highest BCUT2D eigenvalue weighted by Crippen LogP contribution is 2.24. The Morgan fingerprint density at radius 2 is 1.95 bits per heavy atom. The van der Waals surface area contributed by atoms with Gasteiger partial charge in [-0.25, -0.2) is 0 Å². The maximum Gasteiger partial charge on any atom is 0.107 e. The summed E-state index contributed by atoms with van der Waals surface area (Å²) in [7, 11) is 0. The van der Waals surface area contributed by atoms with Gasteiger partial charge in [0.2, 0.25) is 0 Å². The Bertz CT molecular complexity index is 432. The summed E-state index contributed by atoms with van der Waals surface area (Å²) in [6.07, 6.45) is 6.45. The fourth-order valence-electron chi connectivity index (χ4n) is 2.18. The number of thiocarbonyl (C=S) groups is 1. The number of hydrogen-bond donors (Lipinski definition) is 2. The van der Waals surface area contributed by atoms with Crippen LogP contribution in [0.15, 0.2) is 22.7 Å². The van der Waals surface area contributed by atoms with E-state index in [1.54, 1.807) is 0 Å². The minimum absolute atomic E-state index is 0.428. The zero-order valence-corrected chi connectivity index (χ0v) is 14.8. The van der Waals surface area contributed by atoms with Crippen molar-refractivity contribution in [2.24, 2.45) is 11.7 Å². The second kappa shape index (κ2) is 9.35. The highest BCUT2D eigenvalue weighted by atomic mass is 79.9. The lowest BCUT2D eigenvalue weighted by Crippen LogP contribution is -2.14. The average molecular weight is 357 g/mol. The topological polar surface area (TPSA) is 38.0 Å². The lowest BCUT2D eigenvalue weighted by Gasteiger charge is -2.12. The van der Waals surface area contributed by atoms with E-state index >= 15 is 0 Å². The van der Waals surface area contributed by atoms with Crippen LogP contribution in [0.5, 0.6) is 0 Å². The van der Waals surface area contributed by atoms with E-state index in [-0.39, 0.29) is 0 Å². The van der Waals surface area contributed by atoms with Crippen molar-refractivity contribution in [3.05, 3.63) is 28.2 Å². The first kappa shape index (κ1) is 17.4. The largest absolute Gasteiger partial charge is 0.389 e. The lowest BCUT2D eigenvalue weighted by molar-refractivity contribution is 0.523. The highest BCUT2D eigenvalue weighted by Gasteiger charge is 2.08. The maximum absolute atomic E-state index is 5.78. The molecule has 2 nitrogen and oxygen atoms in total. The van der Waals surface area contributed by atoms with E-state index in [2.05, 4.69) is 35.1 Å². The van der Waals surface area contributed by atoms with Crippen molar-refractivity contribution in [3.8, 4) is 0 Å². The Labute approximate surface area is 136 Å². The van der Waals surface area contributed by atoms with E-state index < -0.39 is 0 Å². The third-order valence-corrected chi connectivity index (χ3v) is 4.15. The molecule has 0 aromatic heterocycles. The molecule has 0 amide bonds. The SMILES string of the molecule is CC(C)CCCCCCNc1cccc(Br)c1C(N)=S. The molecule has 0 radical (unpaired) electrons. The van der Waals surface area contributed by atoms with Gasteiger partial charge in [0.15, 0.2) is 0 Å². The molecule has 0 atom stereocenters. The summed E-state index contributed by atoms with van der Waals surface area (Å²) in [5, 5.41) is 3.44. The Hall–Kier alpha value is -0.610. The van der Waals surface area contributed by atoms with Crippen molar-refractivity contribution >= 4 is 38.8 Å². The molecule has 1 rings (SSSR count). The standard InChI is InChI=1S/C16H25BrN2S/c1-12(2)8-5-3-4-6-11-19-14-10-7-9-13(17)15(14)16(18)20/h7,9-10,12,19H,3-6,8,11H2,1-2H3,(H2,18,20). The first-order valence-electron chi connectivity index (χ1n) is 7.34. The second-order valence-electron chi connectivity index (χ2n) is 5.55. The summed E-state index contributed by atoms with van der Waals surface area (Å²) in [6.45, 7) is 5.53. The number of nitrogens with one attached hydrogen (secondary N) is 1. The molecule has 0 fully saturated rings. The van der Waals surface area contributed by atoms with Gasteiger partial charge >= 0.3 is 0 Å². The van der Waals surface area contributed by atoms with E-state index in [0.29, 0.717) is 4.99 Å². The van der Waals surface area contributed by atoms with Crippen LogP contribution in [0.25, 0.3) is 0 Å². The number of unbranched alkanes of at least 4 members (excludes halogenated alkanes) is 3. The predicted octanol–water partition coefficient (Wildman–Crippen LogP) is 5.10. The van der Waals surface area contributed by atoms with Gasteiger partial charge in [0.25, 0.3) is 0 Å². The van der Waals surface area contributed by atoms with E-state index in [9.17, 15) is 0 Å². The summed E-state index contributed by atoms with van der Waals surface area (Å²) in [4.78, 5) is 0.428. The van der Waals surface area contributed by atoms with E-state index in [0.717, 1.165) is 28.2 Å². The number of hydrogen-bond acceptors (Lipinski definition) is 2. The van der Waals surface area contributed by atoms with E-state index in [1.165, 1.54) is 32.1 Å². The molecule has 1 aromatic carbocycles. The minimum Gasteiger partial charge on any atom is -0.389 e. The monoisotopic (exact) mass is 356 g/mol. The Morgan fingerprint density at radius 3 is 2.60 bits per heavy atom. The fraction of sp³-hybridized carbons (Fsp3) is 0.562. The quantitative estimate of drug-likeness (QED) is 0.477. The predicted molar refractivity (Wildman–Crippen MR) is 96.4 cm³/mol. The van der Waals surface area contributed by atoms with Gasteiger partial charge < -0.3 is 11.1 Å². The molecule has 0 saturated carbocycles. The van der Waals surface area contributed by atoms with E-state index in [4.69, 9.17) is 18.0 Å². The molecule has 0 aliphatic heterocycles. The third-order valence-electron chi connectivity index (χ3n) is 3.28. The molecule has 0 aliphatic rings. The van der Waals surface area contributed by atoms with E-state index in [1.807, 2.05) is 18.2 Å². The van der Waals surface area contributed by atoms with Gasteiger partial charge in [0, 0.05) is 22.3 Å². The van der Waals surface area contributed by atoms with Gasteiger partial charge in [-0.15, -0.1) is 0 Å². The normalized spacial score (nSPS) is 10.8. The van der Waals surface area contributed by atoms with Crippen molar-refractivity contribution in [2.45, 2.75) is 46.0 Å². The number of benzene rings is 1. The number of nitrogens with two attached hydrogens (primary N) is 1. The van der Waals surface area contributed by atoms with Gasteiger partial charge in [-0.05, 0) is 40.4 Å². The average Bonchev–Trinajstić information content (AvgIpc) is 2.36. The van der Waals surface area contributed by atoms with Crippen molar-refractivity contribution in [3.63, 3.8) is 0 Å². The van der Waals surface area contributed by atoms with Gasteiger partial charge in [0.05, 0.1) is 0 Å². The molecular weight excluding hydrogens is 332 g/mol. The number of anilines is 1. The molecule has 112 valence electrons. The maximum atomic E-state index is 5.78. The molecule has 0 unspecified atom stereocenters. The van der Waals surface area contributed by atoms with Crippen molar-refractivity contribution in [1.29, 1.82) is 0 Å². The van der Waals surface area contributed by atoms with Crippen LogP contribution in [0.2, 0.25) is 0 Å². The zero-order chi connectivity index (χ0) is 15.0. The van der Waals surface area contributed by atoms with Crippen LogP contribution in [0.4, 0.5) is 5.69 Å². The summed E-state index contributed by atoms with van der Waals surface area (Å²) in [6, 6.07) is 5.99. The number of halogens is 1. The third kappa shape index (κ3) is 6.23. The van der Waals surface area contributed by atoms with Crippen molar-refractivity contribution in [1.82, 2.24) is 0 Å². The van der Waals surface area contributed by atoms with Gasteiger partial charge in [0.1, 0.15) is 4.99 Å². The number of rotatable bonds is 9. The van der Waals surface area contributed by atoms with Crippen molar-refractivity contribution < 1.29 is 0 Å². The first-order valence-corrected chi connectivity index (χ1v) is 8.54. The molecule has 1 aromatic rings. The van der Waals surface area contributed by atoms with Crippen LogP contribution < -0.4 is 11.1 Å². The Kier molecular flexibility index (Phi) is 8.15. The molecule has 0 spiro atoms. The second-order valence-corrected chi connectivity index (χ2v) is 6.84. The molecule has 20 heavy (non-hydrogen) atoms. The molecule has 0 bridgehead atoms. The van der Waals surface area contributed by atoms with Gasteiger partial charge in [-0.1, -0.05) is 57.8 Å². The van der Waals surface area contributed by atoms with Gasteiger partial charge in [-0.3, -0.25) is 0 Å². The summed E-state index contributed by atoms with van der Waals surface area (Å²) in [5.41, 5.74) is 7.70. The highest BCUT2D eigenvalue weighted by molar-refractivity contribution is 9.10. The smallest absolute Gasteiger partial charge is 0.107 e. The summed E-state index contributed by atoms with van der Waals surface area (Å²) < 4.78 is 0.951. The fourth-order valence-corrected chi connectivity index (χ4v) is 3.11. The van der Waals surface area contributed by atoms with Crippen LogP contribution in [0.3, 0.4) is 0 Å². The zero-order valence-electron chi connectivity index (χ0n) is 12.4. The minimum atomic E-state index is 0.428. The van der Waals surface area contributed by atoms with Crippen LogP contribution in [0.1, 0.15) is 51.5 Å². The van der Waals surface area contributed by atoms with Crippen LogP contribution >= 0.6 is 28.1 Å². The van der Waals surface area contributed by atoms with Crippen LogP contribution in [-0.2, 0) is 0 Å². The molecule has 0 aliphatic carbocycles. The Morgan fingerprint density at radius 1 is 1.25 bits per heavy atom. The summed E-state index contributed by atoms with van der Waals surface area (Å²) in [5.74, 6) is 0.822. The lowest BCUT2D eigenvalue weighted by atomic mass is 10.0. The van der Waals surface area contributed by atoms with Crippen LogP contribution in [0, 0.1) is 5.92 Å².